The summed E-state index contributed by atoms with van der Waals surface area (Å²) in [4.78, 5) is 44.0. The SMILES string of the molecule is CCOC(=O)C1=C(CN2CCN(C(=O)C(C)C)CC2)N(C)C(=O)N[C@@H]1c1cc(C)ccc1C. The third-order valence-corrected chi connectivity index (χ3v) is 6.37. The van der Waals surface area contributed by atoms with Crippen molar-refractivity contribution in [1.82, 2.24) is 20.0 Å². The minimum atomic E-state index is -0.577. The number of hydrogen-bond acceptors (Lipinski definition) is 5. The molecule has 0 aliphatic carbocycles. The molecule has 0 aromatic heterocycles. The first-order valence-electron chi connectivity index (χ1n) is 11.7. The Morgan fingerprint density at radius 2 is 1.82 bits per heavy atom. The molecule has 180 valence electrons. The molecule has 1 fully saturated rings. The average molecular weight is 457 g/mol. The minimum Gasteiger partial charge on any atom is -0.463 e. The van der Waals surface area contributed by atoms with Gasteiger partial charge in [-0.05, 0) is 31.9 Å². The van der Waals surface area contributed by atoms with Crippen LogP contribution < -0.4 is 5.32 Å². The highest BCUT2D eigenvalue weighted by Gasteiger charge is 2.38. The molecule has 33 heavy (non-hydrogen) atoms. The van der Waals surface area contributed by atoms with E-state index in [1.807, 2.05) is 50.8 Å². The van der Waals surface area contributed by atoms with Crippen LogP contribution in [-0.2, 0) is 14.3 Å². The van der Waals surface area contributed by atoms with Gasteiger partial charge in [-0.3, -0.25) is 14.6 Å². The molecule has 1 atom stereocenters. The molecular weight excluding hydrogens is 420 g/mol. The lowest BCUT2D eigenvalue weighted by atomic mass is 9.90. The van der Waals surface area contributed by atoms with Crippen molar-refractivity contribution in [3.8, 4) is 0 Å². The van der Waals surface area contributed by atoms with Crippen LogP contribution in [0.1, 0.15) is 43.5 Å². The number of nitrogens with one attached hydrogen (secondary N) is 1. The molecule has 8 heteroatoms. The van der Waals surface area contributed by atoms with Crippen LogP contribution in [0.15, 0.2) is 29.5 Å². The van der Waals surface area contributed by atoms with Gasteiger partial charge in [0, 0.05) is 51.4 Å². The maximum absolute atomic E-state index is 13.2. The summed E-state index contributed by atoms with van der Waals surface area (Å²) >= 11 is 0. The molecule has 0 bridgehead atoms. The van der Waals surface area contributed by atoms with Crippen molar-refractivity contribution in [2.24, 2.45) is 5.92 Å². The van der Waals surface area contributed by atoms with Gasteiger partial charge in [0.25, 0.3) is 0 Å². The van der Waals surface area contributed by atoms with Crippen LogP contribution in [0.4, 0.5) is 4.79 Å². The zero-order valence-corrected chi connectivity index (χ0v) is 20.6. The first-order valence-corrected chi connectivity index (χ1v) is 11.7. The molecule has 3 amide bonds. The van der Waals surface area contributed by atoms with Gasteiger partial charge in [0.2, 0.25) is 5.91 Å². The number of aryl methyl sites for hydroxylation is 2. The molecule has 0 radical (unpaired) electrons. The summed E-state index contributed by atoms with van der Waals surface area (Å²) in [7, 11) is 1.68. The monoisotopic (exact) mass is 456 g/mol. The Morgan fingerprint density at radius 3 is 2.42 bits per heavy atom. The van der Waals surface area contributed by atoms with E-state index in [1.54, 1.807) is 14.0 Å². The van der Waals surface area contributed by atoms with E-state index in [-0.39, 0.29) is 24.5 Å². The first kappa shape index (κ1) is 24.8. The number of rotatable bonds is 6. The number of hydrogen-bond donors (Lipinski definition) is 1. The van der Waals surface area contributed by atoms with Crippen molar-refractivity contribution < 1.29 is 19.1 Å². The zero-order valence-electron chi connectivity index (χ0n) is 20.6. The molecule has 2 aliphatic heterocycles. The van der Waals surface area contributed by atoms with Crippen LogP contribution in [0.25, 0.3) is 0 Å². The van der Waals surface area contributed by atoms with Gasteiger partial charge in [-0.25, -0.2) is 9.59 Å². The van der Waals surface area contributed by atoms with Crippen molar-refractivity contribution in [2.75, 3.05) is 46.4 Å². The molecule has 0 unspecified atom stereocenters. The number of urea groups is 1. The molecule has 0 spiro atoms. The van der Waals surface area contributed by atoms with Crippen molar-refractivity contribution in [2.45, 2.75) is 40.7 Å². The molecule has 8 nitrogen and oxygen atoms in total. The van der Waals surface area contributed by atoms with Gasteiger partial charge in [0.1, 0.15) is 0 Å². The van der Waals surface area contributed by atoms with E-state index < -0.39 is 12.0 Å². The van der Waals surface area contributed by atoms with Crippen molar-refractivity contribution in [1.29, 1.82) is 0 Å². The molecule has 1 aromatic rings. The molecule has 1 saturated heterocycles. The van der Waals surface area contributed by atoms with Crippen molar-refractivity contribution in [3.05, 3.63) is 46.2 Å². The molecule has 3 rings (SSSR count). The van der Waals surface area contributed by atoms with Gasteiger partial charge in [-0.2, -0.15) is 0 Å². The van der Waals surface area contributed by atoms with Gasteiger partial charge in [0.15, 0.2) is 0 Å². The Balaban J connectivity index is 1.95. The Bertz CT molecular complexity index is 948. The lowest BCUT2D eigenvalue weighted by Gasteiger charge is -2.40. The Hall–Kier alpha value is -2.87. The van der Waals surface area contributed by atoms with Gasteiger partial charge in [-0.15, -0.1) is 0 Å². The minimum absolute atomic E-state index is 0.0267. The third-order valence-electron chi connectivity index (χ3n) is 6.37. The van der Waals surface area contributed by atoms with Crippen LogP contribution in [0.3, 0.4) is 0 Å². The molecular formula is C25H36N4O4. The number of amides is 3. The molecule has 1 N–H and O–H groups in total. The Morgan fingerprint density at radius 1 is 1.15 bits per heavy atom. The highest BCUT2D eigenvalue weighted by molar-refractivity contribution is 5.95. The second kappa shape index (κ2) is 10.4. The number of carbonyl (C=O) groups is 3. The summed E-state index contributed by atoms with van der Waals surface area (Å²) < 4.78 is 5.43. The first-order chi connectivity index (χ1) is 15.6. The molecule has 1 aromatic carbocycles. The lowest BCUT2D eigenvalue weighted by Crippen LogP contribution is -2.53. The second-order valence-corrected chi connectivity index (χ2v) is 9.14. The van der Waals surface area contributed by atoms with E-state index in [2.05, 4.69) is 10.2 Å². The van der Waals surface area contributed by atoms with E-state index >= 15 is 0 Å². The molecule has 2 aliphatic rings. The number of piperazine rings is 1. The summed E-state index contributed by atoms with van der Waals surface area (Å²) in [5.74, 6) is -0.287. The summed E-state index contributed by atoms with van der Waals surface area (Å²) in [5.41, 5.74) is 4.06. The quantitative estimate of drug-likeness (QED) is 0.666. The third kappa shape index (κ3) is 5.38. The maximum Gasteiger partial charge on any atom is 0.338 e. The topological polar surface area (TPSA) is 82.2 Å². The standard InChI is InChI=1S/C25H36N4O4/c1-7-33-24(31)21-20(15-28-10-12-29(13-11-28)23(30)16(2)3)27(6)25(32)26-22(21)19-14-17(4)8-9-18(19)5/h8-9,14,16,22H,7,10-13,15H2,1-6H3,(H,26,32)/t22-/m1/s1. The summed E-state index contributed by atoms with van der Waals surface area (Å²) in [6.07, 6.45) is 0. The largest absolute Gasteiger partial charge is 0.463 e. The van der Waals surface area contributed by atoms with E-state index in [1.165, 1.54) is 4.90 Å². The van der Waals surface area contributed by atoms with Gasteiger partial charge in [-0.1, -0.05) is 37.6 Å². The zero-order chi connectivity index (χ0) is 24.3. The number of nitrogens with zero attached hydrogens (tertiary/aromatic N) is 3. The van der Waals surface area contributed by atoms with Crippen LogP contribution >= 0.6 is 0 Å². The lowest BCUT2D eigenvalue weighted by molar-refractivity contribution is -0.139. The maximum atomic E-state index is 13.2. The van der Waals surface area contributed by atoms with Crippen LogP contribution in [0.2, 0.25) is 0 Å². The van der Waals surface area contributed by atoms with E-state index in [0.717, 1.165) is 16.7 Å². The average Bonchev–Trinajstić information content (AvgIpc) is 2.78. The van der Waals surface area contributed by atoms with Crippen molar-refractivity contribution >= 4 is 17.9 Å². The smallest absolute Gasteiger partial charge is 0.338 e. The van der Waals surface area contributed by atoms with E-state index in [9.17, 15) is 14.4 Å². The number of carbonyl (C=O) groups excluding carboxylic acids is 3. The predicted molar refractivity (Wildman–Crippen MR) is 126 cm³/mol. The molecule has 2 heterocycles. The number of ether oxygens (including phenoxy) is 1. The highest BCUT2D eigenvalue weighted by atomic mass is 16.5. The number of benzene rings is 1. The predicted octanol–water partition coefficient (Wildman–Crippen LogP) is 2.62. The van der Waals surface area contributed by atoms with Gasteiger partial charge >= 0.3 is 12.0 Å². The summed E-state index contributed by atoms with van der Waals surface area (Å²) in [6, 6.07) is 5.20. The van der Waals surface area contributed by atoms with Crippen molar-refractivity contribution in [3.63, 3.8) is 0 Å². The van der Waals surface area contributed by atoms with E-state index in [0.29, 0.717) is 44.0 Å². The highest BCUT2D eigenvalue weighted by Crippen LogP contribution is 2.33. The Labute approximate surface area is 196 Å². The van der Waals surface area contributed by atoms with Crippen LogP contribution in [-0.4, -0.2) is 79.0 Å². The normalized spacial score (nSPS) is 19.7. The van der Waals surface area contributed by atoms with Gasteiger partial charge in [0.05, 0.1) is 18.2 Å². The fraction of sp³-hybridized carbons (Fsp3) is 0.560. The number of likely N-dealkylation sites (N-methyl/N-ethyl adjacent to an activating group) is 1. The summed E-state index contributed by atoms with van der Waals surface area (Å²) in [5, 5.41) is 3.00. The van der Waals surface area contributed by atoms with Crippen LogP contribution in [0.5, 0.6) is 0 Å². The summed E-state index contributed by atoms with van der Waals surface area (Å²) in [6.45, 7) is 12.9. The second-order valence-electron chi connectivity index (χ2n) is 9.14. The molecule has 0 saturated carbocycles. The number of esters is 1. The fourth-order valence-corrected chi connectivity index (χ4v) is 4.41. The van der Waals surface area contributed by atoms with E-state index in [4.69, 9.17) is 4.74 Å². The van der Waals surface area contributed by atoms with Crippen LogP contribution in [0, 0.1) is 19.8 Å². The fourth-order valence-electron chi connectivity index (χ4n) is 4.41. The van der Waals surface area contributed by atoms with Gasteiger partial charge < -0.3 is 15.0 Å². The Kier molecular flexibility index (Phi) is 7.79.